The first-order valence-corrected chi connectivity index (χ1v) is 8.47. The molecule has 0 atom stereocenters. The van der Waals surface area contributed by atoms with E-state index in [-0.39, 0.29) is 24.1 Å². The van der Waals surface area contributed by atoms with Gasteiger partial charge < -0.3 is 5.32 Å². The van der Waals surface area contributed by atoms with E-state index < -0.39 is 0 Å². The lowest BCUT2D eigenvalue weighted by Crippen LogP contribution is -2.28. The highest BCUT2D eigenvalue weighted by atomic mass is 35.5. The number of carbonyl (C=O) groups is 1. The zero-order valence-corrected chi connectivity index (χ0v) is 14.0. The second-order valence-electron chi connectivity index (χ2n) is 6.51. The number of nitrogens with zero attached hydrogens (tertiary/aromatic N) is 3. The molecule has 1 N–H and O–H groups in total. The van der Waals surface area contributed by atoms with Crippen LogP contribution in [0.5, 0.6) is 0 Å². The van der Waals surface area contributed by atoms with Crippen molar-refractivity contribution in [3.8, 4) is 0 Å². The third-order valence-electron chi connectivity index (χ3n) is 4.96. The van der Waals surface area contributed by atoms with E-state index in [9.17, 15) is 4.79 Å². The fourth-order valence-corrected chi connectivity index (χ4v) is 3.55. The molecule has 2 fully saturated rings. The highest BCUT2D eigenvalue weighted by molar-refractivity contribution is 5.94. The van der Waals surface area contributed by atoms with Crippen LogP contribution in [0.25, 0.3) is 0 Å². The van der Waals surface area contributed by atoms with Crippen molar-refractivity contribution in [1.82, 2.24) is 20.1 Å². The van der Waals surface area contributed by atoms with E-state index in [2.05, 4.69) is 15.4 Å². The summed E-state index contributed by atoms with van der Waals surface area (Å²) in [4.78, 5) is 16.6. The van der Waals surface area contributed by atoms with Crippen molar-refractivity contribution in [2.75, 3.05) is 13.1 Å². The average Bonchev–Trinajstić information content (AvgIpc) is 3.03. The predicted molar refractivity (Wildman–Crippen MR) is 88.4 cm³/mol. The Kier molecular flexibility index (Phi) is 6.83. The van der Waals surface area contributed by atoms with E-state index in [1.807, 2.05) is 4.68 Å². The van der Waals surface area contributed by atoms with E-state index >= 15 is 0 Å². The molecule has 22 heavy (non-hydrogen) atoms. The van der Waals surface area contributed by atoms with Gasteiger partial charge in [0.1, 0.15) is 6.33 Å². The number of hydrogen-bond acceptors (Lipinski definition) is 4. The van der Waals surface area contributed by atoms with Gasteiger partial charge in [0.25, 0.3) is 0 Å². The molecule has 1 saturated heterocycles. The van der Waals surface area contributed by atoms with Crippen molar-refractivity contribution in [2.24, 2.45) is 11.8 Å². The first-order valence-electron chi connectivity index (χ1n) is 8.47. The fourth-order valence-electron chi connectivity index (χ4n) is 3.55. The first-order chi connectivity index (χ1) is 10.3. The van der Waals surface area contributed by atoms with Gasteiger partial charge in [0.15, 0.2) is 0 Å². The number of hydrogen-bond donors (Lipinski definition) is 1. The van der Waals surface area contributed by atoms with Gasteiger partial charge >= 0.3 is 0 Å². The highest BCUT2D eigenvalue weighted by Crippen LogP contribution is 2.26. The number of carbonyl (C=O) groups excluding carboxylic acids is 1. The maximum absolute atomic E-state index is 12.4. The lowest BCUT2D eigenvalue weighted by Gasteiger charge is -2.22. The topological polar surface area (TPSA) is 59.8 Å². The lowest BCUT2D eigenvalue weighted by molar-refractivity contribution is 0.0878. The molecule has 2 aliphatic rings. The summed E-state index contributed by atoms with van der Waals surface area (Å²) in [7, 11) is 0. The Morgan fingerprint density at radius 3 is 2.64 bits per heavy atom. The minimum atomic E-state index is 0. The maximum atomic E-state index is 12.4. The van der Waals surface area contributed by atoms with Crippen LogP contribution in [0.15, 0.2) is 6.33 Å². The van der Waals surface area contributed by atoms with Gasteiger partial charge in [0.2, 0.25) is 11.6 Å². The van der Waals surface area contributed by atoms with E-state index in [4.69, 9.17) is 0 Å². The SMILES string of the molecule is Cl.O=C(c1ncn(CCC2CCNCC2)n1)C1CCCCC1. The summed E-state index contributed by atoms with van der Waals surface area (Å²) in [6, 6.07) is 0. The molecule has 0 spiro atoms. The second kappa shape index (κ2) is 8.63. The molecular formula is C16H27ClN4O. The monoisotopic (exact) mass is 326 g/mol. The van der Waals surface area contributed by atoms with Gasteiger partial charge in [0.05, 0.1) is 0 Å². The van der Waals surface area contributed by atoms with Gasteiger partial charge in [-0.05, 0) is 51.1 Å². The predicted octanol–water partition coefficient (Wildman–Crippen LogP) is 2.85. The summed E-state index contributed by atoms with van der Waals surface area (Å²) < 4.78 is 1.86. The van der Waals surface area contributed by atoms with Crippen LogP contribution in [0.3, 0.4) is 0 Å². The molecule has 1 aliphatic heterocycles. The summed E-state index contributed by atoms with van der Waals surface area (Å²) in [5, 5.41) is 7.80. The minimum Gasteiger partial charge on any atom is -0.317 e. The molecule has 1 aromatic rings. The number of piperidine rings is 1. The molecular weight excluding hydrogens is 300 g/mol. The molecule has 124 valence electrons. The number of nitrogens with one attached hydrogen (secondary N) is 1. The Morgan fingerprint density at radius 2 is 1.91 bits per heavy atom. The Labute approximate surface area is 138 Å². The Bertz CT molecular complexity index is 464. The zero-order valence-electron chi connectivity index (χ0n) is 13.2. The summed E-state index contributed by atoms with van der Waals surface area (Å²) in [6.07, 6.45) is 11.0. The van der Waals surface area contributed by atoms with Crippen LogP contribution in [-0.4, -0.2) is 33.6 Å². The average molecular weight is 327 g/mol. The van der Waals surface area contributed by atoms with Crippen LogP contribution in [0.4, 0.5) is 0 Å². The molecule has 0 radical (unpaired) electrons. The van der Waals surface area contributed by atoms with Crippen LogP contribution in [0.2, 0.25) is 0 Å². The lowest BCUT2D eigenvalue weighted by atomic mass is 9.86. The van der Waals surface area contributed by atoms with Gasteiger partial charge in [-0.1, -0.05) is 19.3 Å². The third-order valence-corrected chi connectivity index (χ3v) is 4.96. The third kappa shape index (κ3) is 4.53. The van der Waals surface area contributed by atoms with Crippen molar-refractivity contribution < 1.29 is 4.79 Å². The molecule has 6 heteroatoms. The van der Waals surface area contributed by atoms with Crippen LogP contribution in [-0.2, 0) is 6.54 Å². The molecule has 0 amide bonds. The van der Waals surface area contributed by atoms with E-state index in [0.717, 1.165) is 44.8 Å². The van der Waals surface area contributed by atoms with E-state index in [1.165, 1.54) is 32.1 Å². The number of ketones is 1. The van der Waals surface area contributed by atoms with Crippen molar-refractivity contribution >= 4 is 18.2 Å². The van der Waals surface area contributed by atoms with Crippen LogP contribution in [0, 0.1) is 11.8 Å². The van der Waals surface area contributed by atoms with Gasteiger partial charge in [-0.25, -0.2) is 4.98 Å². The molecule has 1 saturated carbocycles. The Hall–Kier alpha value is -0.940. The molecule has 5 nitrogen and oxygen atoms in total. The molecule has 1 aliphatic carbocycles. The first kappa shape index (κ1) is 17.4. The molecule has 0 bridgehead atoms. The van der Waals surface area contributed by atoms with Gasteiger partial charge in [-0.3, -0.25) is 9.48 Å². The fraction of sp³-hybridized carbons (Fsp3) is 0.812. The van der Waals surface area contributed by atoms with Crippen LogP contribution < -0.4 is 5.32 Å². The van der Waals surface area contributed by atoms with E-state index in [1.54, 1.807) is 6.33 Å². The highest BCUT2D eigenvalue weighted by Gasteiger charge is 2.25. The zero-order chi connectivity index (χ0) is 14.5. The van der Waals surface area contributed by atoms with Crippen molar-refractivity contribution in [3.05, 3.63) is 12.2 Å². The van der Waals surface area contributed by atoms with Crippen molar-refractivity contribution in [2.45, 2.75) is 57.9 Å². The molecule has 3 rings (SSSR count). The summed E-state index contributed by atoms with van der Waals surface area (Å²) >= 11 is 0. The number of halogens is 1. The number of Topliss-reactive ketones (excluding diaryl/α,β-unsaturated/α-hetero) is 1. The van der Waals surface area contributed by atoms with Crippen LogP contribution >= 0.6 is 12.4 Å². The second-order valence-corrected chi connectivity index (χ2v) is 6.51. The van der Waals surface area contributed by atoms with Gasteiger partial charge in [0, 0.05) is 12.5 Å². The smallest absolute Gasteiger partial charge is 0.217 e. The Balaban J connectivity index is 0.00000176. The number of rotatable bonds is 5. The molecule has 1 aromatic heterocycles. The maximum Gasteiger partial charge on any atom is 0.217 e. The number of aryl methyl sites for hydroxylation is 1. The summed E-state index contributed by atoms with van der Waals surface area (Å²) in [6.45, 7) is 3.15. The minimum absolute atomic E-state index is 0. The summed E-state index contributed by atoms with van der Waals surface area (Å²) in [5.41, 5.74) is 0. The molecule has 0 unspecified atom stereocenters. The van der Waals surface area contributed by atoms with Crippen molar-refractivity contribution in [3.63, 3.8) is 0 Å². The van der Waals surface area contributed by atoms with Crippen LogP contribution in [0.1, 0.15) is 62.0 Å². The van der Waals surface area contributed by atoms with E-state index in [0.29, 0.717) is 5.82 Å². The van der Waals surface area contributed by atoms with Gasteiger partial charge in [-0.2, -0.15) is 0 Å². The van der Waals surface area contributed by atoms with Crippen molar-refractivity contribution in [1.29, 1.82) is 0 Å². The molecule has 0 aromatic carbocycles. The standard InChI is InChI=1S/C16H26N4O.ClH/c21-15(14-4-2-1-3-5-14)16-18-12-20(19-16)11-8-13-6-9-17-10-7-13;/h12-14,17H,1-11H2;1H. The summed E-state index contributed by atoms with van der Waals surface area (Å²) in [5.74, 6) is 1.55. The quantitative estimate of drug-likeness (QED) is 0.845. The Morgan fingerprint density at radius 1 is 1.18 bits per heavy atom. The normalized spacial score (nSPS) is 20.5. The molecule has 2 heterocycles. The largest absolute Gasteiger partial charge is 0.317 e. The van der Waals surface area contributed by atoms with Gasteiger partial charge in [-0.15, -0.1) is 17.5 Å². The number of aromatic nitrogens is 3.